The summed E-state index contributed by atoms with van der Waals surface area (Å²) in [4.78, 5) is 4.44. The van der Waals surface area contributed by atoms with Crippen LogP contribution in [0.15, 0.2) is 0 Å². The van der Waals surface area contributed by atoms with Crippen molar-refractivity contribution in [3.8, 4) is 0 Å². The Balaban J connectivity index is 3.70. The Morgan fingerprint density at radius 2 is 1.78 bits per heavy atom. The molecule has 0 saturated heterocycles. The molecule has 0 saturated carbocycles. The summed E-state index contributed by atoms with van der Waals surface area (Å²) < 4.78 is 0. The van der Waals surface area contributed by atoms with Crippen molar-refractivity contribution in [1.29, 1.82) is 0 Å². The van der Waals surface area contributed by atoms with Crippen LogP contribution in [0.2, 0.25) is 0 Å². The van der Waals surface area contributed by atoms with Gasteiger partial charge in [-0.25, -0.2) is 4.89 Å². The van der Waals surface area contributed by atoms with Crippen LogP contribution < -0.4 is 5.26 Å². The molecule has 0 unspecified atom stereocenters. The molecule has 56 valence electrons. The molecule has 9 heavy (non-hydrogen) atoms. The summed E-state index contributed by atoms with van der Waals surface area (Å²) in [6.07, 6.45) is 0. The van der Waals surface area contributed by atoms with Gasteiger partial charge in [-0.1, -0.05) is 13.8 Å². The molecule has 0 fully saturated rings. The molecule has 0 bridgehead atoms. The summed E-state index contributed by atoms with van der Waals surface area (Å²) in [5, 5.41) is 12.8. The maximum Gasteiger partial charge on any atom is 0.0994 e. The Morgan fingerprint density at radius 1 is 1.33 bits per heavy atom. The molecule has 0 aliphatic rings. The molecule has 0 heterocycles. The maximum atomic E-state index is 9.53. The minimum absolute atomic E-state index is 0.270. The van der Waals surface area contributed by atoms with Crippen molar-refractivity contribution in [2.75, 3.05) is 0 Å². The summed E-state index contributed by atoms with van der Waals surface area (Å²) in [5.74, 6) is 0.270. The lowest BCUT2D eigenvalue weighted by molar-refractivity contribution is -0.811. The van der Waals surface area contributed by atoms with Crippen molar-refractivity contribution >= 4 is 0 Å². The predicted octanol–water partition coefficient (Wildman–Crippen LogP) is 0.644. The van der Waals surface area contributed by atoms with Crippen molar-refractivity contribution in [2.45, 2.75) is 33.3 Å². The third-order valence-electron chi connectivity index (χ3n) is 1.64. The second-order valence-corrected chi connectivity index (χ2v) is 2.91. The fourth-order valence-electron chi connectivity index (χ4n) is 0.184. The highest BCUT2D eigenvalue weighted by Gasteiger charge is 2.23. The molecule has 0 aromatic carbocycles. The summed E-state index contributed by atoms with van der Waals surface area (Å²) in [7, 11) is 0. The molecule has 0 amide bonds. The van der Waals surface area contributed by atoms with Gasteiger partial charge in [0.05, 0.1) is 5.60 Å². The largest absolute Gasteiger partial charge is 0.692 e. The van der Waals surface area contributed by atoms with E-state index in [1.165, 1.54) is 0 Å². The summed E-state index contributed by atoms with van der Waals surface area (Å²) >= 11 is 0. The van der Waals surface area contributed by atoms with Gasteiger partial charge in [-0.15, -0.1) is 0 Å². The fraction of sp³-hybridized carbons (Fsp3) is 1.00. The molecular weight excluding hydrogens is 120 g/mol. The molecule has 0 radical (unpaired) electrons. The van der Waals surface area contributed by atoms with E-state index in [0.717, 1.165) is 0 Å². The van der Waals surface area contributed by atoms with E-state index in [2.05, 4.69) is 9.93 Å². The smallest absolute Gasteiger partial charge is 0.0994 e. The number of rotatable bonds is 3. The Labute approximate surface area is 55.4 Å². The van der Waals surface area contributed by atoms with Gasteiger partial charge in [0, 0.05) is 0 Å². The maximum absolute atomic E-state index is 9.53. The van der Waals surface area contributed by atoms with Crippen LogP contribution in [-0.2, 0) is 9.93 Å². The molecule has 0 rings (SSSR count). The summed E-state index contributed by atoms with van der Waals surface area (Å²) in [6, 6.07) is 0. The number of hydrogen-bond acceptors (Lipinski definition) is 3. The van der Waals surface area contributed by atoms with Gasteiger partial charge >= 0.3 is 0 Å². The molecule has 0 aliphatic carbocycles. The minimum Gasteiger partial charge on any atom is -0.692 e. The average Bonchev–Trinajstić information content (AvgIpc) is 1.65. The van der Waals surface area contributed by atoms with Crippen LogP contribution in [0, 0.1) is 5.92 Å². The zero-order chi connectivity index (χ0) is 7.49. The first-order valence-electron chi connectivity index (χ1n) is 2.98. The Morgan fingerprint density at radius 3 is 1.89 bits per heavy atom. The van der Waals surface area contributed by atoms with E-state index in [1.54, 1.807) is 13.8 Å². The lowest BCUT2D eigenvalue weighted by Crippen LogP contribution is -2.33. The van der Waals surface area contributed by atoms with Crippen LogP contribution in [0.3, 0.4) is 0 Å². The van der Waals surface area contributed by atoms with Crippen LogP contribution in [-0.4, -0.2) is 5.60 Å². The topological polar surface area (TPSA) is 41.5 Å². The van der Waals surface area contributed by atoms with E-state index >= 15 is 0 Å². The van der Waals surface area contributed by atoms with E-state index in [9.17, 15) is 5.26 Å². The van der Waals surface area contributed by atoms with Gasteiger partial charge < -0.3 is 5.26 Å². The van der Waals surface area contributed by atoms with Gasteiger partial charge in [0.2, 0.25) is 0 Å². The van der Waals surface area contributed by atoms with Crippen LogP contribution >= 0.6 is 0 Å². The molecule has 0 aromatic heterocycles. The van der Waals surface area contributed by atoms with E-state index in [0.29, 0.717) is 0 Å². The summed E-state index contributed by atoms with van der Waals surface area (Å²) in [5.41, 5.74) is -0.484. The van der Waals surface area contributed by atoms with Crippen molar-refractivity contribution in [1.82, 2.24) is 0 Å². The van der Waals surface area contributed by atoms with Gasteiger partial charge in [-0.3, -0.25) is 5.04 Å². The highest BCUT2D eigenvalue weighted by molar-refractivity contribution is 4.69. The zero-order valence-electron chi connectivity index (χ0n) is 6.30. The summed E-state index contributed by atoms with van der Waals surface area (Å²) in [6.45, 7) is 7.52. The molecule has 0 spiro atoms. The van der Waals surface area contributed by atoms with E-state index in [1.807, 2.05) is 13.8 Å². The zero-order valence-corrected chi connectivity index (χ0v) is 6.30. The second-order valence-electron chi connectivity index (χ2n) is 2.91. The Kier molecular flexibility index (Phi) is 3.11. The predicted molar refractivity (Wildman–Crippen MR) is 31.1 cm³/mol. The molecule has 0 N–H and O–H groups in total. The van der Waals surface area contributed by atoms with Crippen molar-refractivity contribution in [3.05, 3.63) is 0 Å². The van der Waals surface area contributed by atoms with Crippen molar-refractivity contribution in [2.24, 2.45) is 5.92 Å². The van der Waals surface area contributed by atoms with Crippen molar-refractivity contribution in [3.63, 3.8) is 0 Å². The quantitative estimate of drug-likeness (QED) is 0.419. The van der Waals surface area contributed by atoms with Crippen LogP contribution in [0.4, 0.5) is 0 Å². The molecule has 0 aromatic rings. The van der Waals surface area contributed by atoms with Gasteiger partial charge in [0.15, 0.2) is 0 Å². The highest BCUT2D eigenvalue weighted by Crippen LogP contribution is 2.19. The monoisotopic (exact) mass is 133 g/mol. The molecule has 3 nitrogen and oxygen atoms in total. The molecule has 0 aliphatic heterocycles. The van der Waals surface area contributed by atoms with Crippen LogP contribution in [0.1, 0.15) is 27.7 Å². The number of hydrogen-bond donors (Lipinski definition) is 0. The minimum atomic E-state index is -0.484. The van der Waals surface area contributed by atoms with E-state index < -0.39 is 5.60 Å². The third kappa shape index (κ3) is 2.79. The standard InChI is InChI=1S/C6H14O3/c1-5(2)6(3,4)8-9-7/h5,7H,1-4H3/p-1. The average molecular weight is 133 g/mol. The SMILES string of the molecule is CC(C)C(C)(C)OO[O-]. The highest BCUT2D eigenvalue weighted by atomic mass is 17.5. The van der Waals surface area contributed by atoms with Crippen molar-refractivity contribution < 1.29 is 15.2 Å². The molecular formula is C6H13O3-. The van der Waals surface area contributed by atoms with Gasteiger partial charge in [0.1, 0.15) is 0 Å². The van der Waals surface area contributed by atoms with Gasteiger partial charge in [0.25, 0.3) is 0 Å². The van der Waals surface area contributed by atoms with Gasteiger partial charge in [-0.2, -0.15) is 0 Å². The van der Waals surface area contributed by atoms with Crippen LogP contribution in [0.25, 0.3) is 0 Å². The Hall–Kier alpha value is -0.120. The first-order chi connectivity index (χ1) is 4.00. The van der Waals surface area contributed by atoms with Gasteiger partial charge in [-0.05, 0) is 19.8 Å². The second kappa shape index (κ2) is 3.15. The first kappa shape index (κ1) is 8.88. The van der Waals surface area contributed by atoms with E-state index in [4.69, 9.17) is 0 Å². The normalized spacial score (nSPS) is 12.7. The van der Waals surface area contributed by atoms with Crippen LogP contribution in [0.5, 0.6) is 0 Å². The van der Waals surface area contributed by atoms with E-state index in [-0.39, 0.29) is 5.92 Å². The fourth-order valence-corrected chi connectivity index (χ4v) is 0.184. The molecule has 3 heteroatoms. The third-order valence-corrected chi connectivity index (χ3v) is 1.64. The molecule has 0 atom stereocenters. The Bertz CT molecular complexity index is 78.4. The first-order valence-corrected chi connectivity index (χ1v) is 2.98. The lowest BCUT2D eigenvalue weighted by atomic mass is 9.95. The lowest BCUT2D eigenvalue weighted by Gasteiger charge is -2.28.